The van der Waals surface area contributed by atoms with Crippen molar-refractivity contribution in [2.45, 2.75) is 25.7 Å². The minimum Gasteiger partial charge on any atom is -0.497 e. The molecule has 0 bridgehead atoms. The Labute approximate surface area is 140 Å². The van der Waals surface area contributed by atoms with Crippen LogP contribution in [-0.4, -0.2) is 38.3 Å². The molecule has 1 atom stereocenters. The summed E-state index contributed by atoms with van der Waals surface area (Å²) in [6, 6.07) is 5.80. The topological polar surface area (TPSA) is 77.6 Å². The minimum atomic E-state index is -1.30. The lowest BCUT2D eigenvalue weighted by Gasteiger charge is -2.35. The highest BCUT2D eigenvalue weighted by atomic mass is 16.5. The van der Waals surface area contributed by atoms with Gasteiger partial charge in [0.2, 0.25) is 0 Å². The van der Waals surface area contributed by atoms with Gasteiger partial charge in [0, 0.05) is 23.0 Å². The van der Waals surface area contributed by atoms with Crippen LogP contribution in [0.25, 0.3) is 10.9 Å². The van der Waals surface area contributed by atoms with E-state index in [2.05, 4.69) is 4.98 Å². The van der Waals surface area contributed by atoms with E-state index in [-0.39, 0.29) is 12.3 Å². The summed E-state index contributed by atoms with van der Waals surface area (Å²) in [5, 5.41) is 1.06. The molecule has 1 aromatic heterocycles. The van der Waals surface area contributed by atoms with Gasteiger partial charge in [0.1, 0.15) is 5.75 Å². The number of H-pyrrole nitrogens is 1. The van der Waals surface area contributed by atoms with Crippen LogP contribution in [0.4, 0.5) is 0 Å². The first-order valence-electron chi connectivity index (χ1n) is 7.82. The zero-order valence-electron chi connectivity index (χ0n) is 14.3. The molecule has 1 heterocycles. The fourth-order valence-corrected chi connectivity index (χ4v) is 3.86. The van der Waals surface area contributed by atoms with Crippen molar-refractivity contribution in [1.29, 1.82) is 0 Å². The number of carbonyl (C=O) groups is 2. The van der Waals surface area contributed by atoms with E-state index >= 15 is 0 Å². The number of hydrogen-bond acceptors (Lipinski definition) is 5. The van der Waals surface area contributed by atoms with E-state index in [9.17, 15) is 9.59 Å². The third-order valence-corrected chi connectivity index (χ3v) is 4.91. The standard InChI is InChI=1S/C18H21NO5/c1-10-8-18(16(20)23-3,17(21)24-4)9-14-15(10)12-7-11(22-2)5-6-13(12)19-14/h5-7,10,19H,8-9H2,1-4H3. The Balaban J connectivity index is 2.16. The molecule has 0 aliphatic heterocycles. The maximum absolute atomic E-state index is 12.4. The highest BCUT2D eigenvalue weighted by Crippen LogP contribution is 2.46. The van der Waals surface area contributed by atoms with Gasteiger partial charge in [0.05, 0.1) is 21.3 Å². The van der Waals surface area contributed by atoms with Gasteiger partial charge >= 0.3 is 11.9 Å². The van der Waals surface area contributed by atoms with E-state index in [0.29, 0.717) is 6.42 Å². The lowest BCUT2D eigenvalue weighted by atomic mass is 9.69. The number of aromatic amines is 1. The summed E-state index contributed by atoms with van der Waals surface area (Å²) >= 11 is 0. The minimum absolute atomic E-state index is 0.00666. The molecule has 1 unspecified atom stereocenters. The van der Waals surface area contributed by atoms with Crippen molar-refractivity contribution < 1.29 is 23.8 Å². The van der Waals surface area contributed by atoms with Crippen LogP contribution in [0.3, 0.4) is 0 Å². The van der Waals surface area contributed by atoms with Crippen molar-refractivity contribution in [2.75, 3.05) is 21.3 Å². The molecule has 1 aromatic carbocycles. The number of benzene rings is 1. The van der Waals surface area contributed by atoms with Gasteiger partial charge in [0.15, 0.2) is 5.41 Å². The highest BCUT2D eigenvalue weighted by molar-refractivity contribution is 6.01. The monoisotopic (exact) mass is 331 g/mol. The average molecular weight is 331 g/mol. The SMILES string of the molecule is COC(=O)C1(C(=O)OC)Cc2[nH]c3ccc(OC)cc3c2C(C)C1. The van der Waals surface area contributed by atoms with Crippen LogP contribution in [0.2, 0.25) is 0 Å². The van der Waals surface area contributed by atoms with Crippen LogP contribution >= 0.6 is 0 Å². The molecule has 3 rings (SSSR count). The molecule has 0 amide bonds. The number of hydrogen-bond donors (Lipinski definition) is 1. The molecule has 2 aromatic rings. The van der Waals surface area contributed by atoms with E-state index in [4.69, 9.17) is 14.2 Å². The van der Waals surface area contributed by atoms with E-state index in [0.717, 1.165) is 27.9 Å². The highest BCUT2D eigenvalue weighted by Gasteiger charge is 2.53. The molecule has 0 fully saturated rings. The van der Waals surface area contributed by atoms with Gasteiger partial charge in [-0.15, -0.1) is 0 Å². The normalized spacial score (nSPS) is 18.8. The van der Waals surface area contributed by atoms with Crippen molar-refractivity contribution >= 4 is 22.8 Å². The van der Waals surface area contributed by atoms with Gasteiger partial charge < -0.3 is 19.2 Å². The summed E-state index contributed by atoms with van der Waals surface area (Å²) in [5.41, 5.74) is 1.64. The maximum atomic E-state index is 12.4. The lowest BCUT2D eigenvalue weighted by Crippen LogP contribution is -2.46. The molecule has 0 saturated carbocycles. The maximum Gasteiger partial charge on any atom is 0.323 e. The van der Waals surface area contributed by atoms with Gasteiger partial charge in [-0.05, 0) is 36.1 Å². The van der Waals surface area contributed by atoms with E-state index in [1.807, 2.05) is 25.1 Å². The predicted molar refractivity (Wildman–Crippen MR) is 88.1 cm³/mol. The Morgan fingerprint density at radius 2 is 1.83 bits per heavy atom. The first-order valence-corrected chi connectivity index (χ1v) is 7.82. The van der Waals surface area contributed by atoms with Gasteiger partial charge in [-0.2, -0.15) is 0 Å². The van der Waals surface area contributed by atoms with Crippen LogP contribution in [0, 0.1) is 5.41 Å². The van der Waals surface area contributed by atoms with Crippen LogP contribution < -0.4 is 4.74 Å². The number of carbonyl (C=O) groups excluding carboxylic acids is 2. The summed E-state index contributed by atoms with van der Waals surface area (Å²) in [4.78, 5) is 28.1. The number of rotatable bonds is 3. The van der Waals surface area contributed by atoms with Crippen LogP contribution in [0.15, 0.2) is 18.2 Å². The molecule has 6 heteroatoms. The van der Waals surface area contributed by atoms with E-state index in [1.165, 1.54) is 14.2 Å². The third kappa shape index (κ3) is 2.25. The number of methoxy groups -OCH3 is 3. The second kappa shape index (κ2) is 5.85. The van der Waals surface area contributed by atoms with Gasteiger partial charge in [-0.3, -0.25) is 9.59 Å². The van der Waals surface area contributed by atoms with Crippen LogP contribution in [-0.2, 0) is 25.5 Å². The predicted octanol–water partition coefficient (Wildman–Crippen LogP) is 2.56. The Kier molecular flexibility index (Phi) is 3.99. The van der Waals surface area contributed by atoms with Crippen molar-refractivity contribution in [3.05, 3.63) is 29.5 Å². The Morgan fingerprint density at radius 1 is 1.17 bits per heavy atom. The molecule has 128 valence electrons. The molecule has 24 heavy (non-hydrogen) atoms. The van der Waals surface area contributed by atoms with Crippen molar-refractivity contribution in [3.8, 4) is 5.75 Å². The zero-order chi connectivity index (χ0) is 17.5. The molecule has 1 aliphatic carbocycles. The molecular formula is C18H21NO5. The molecule has 0 spiro atoms. The smallest absolute Gasteiger partial charge is 0.323 e. The van der Waals surface area contributed by atoms with Crippen molar-refractivity contribution in [3.63, 3.8) is 0 Å². The van der Waals surface area contributed by atoms with Gasteiger partial charge in [-0.25, -0.2) is 0 Å². The Bertz CT molecular complexity index is 791. The lowest BCUT2D eigenvalue weighted by molar-refractivity contribution is -0.170. The van der Waals surface area contributed by atoms with Crippen molar-refractivity contribution in [1.82, 2.24) is 4.98 Å². The Hall–Kier alpha value is -2.50. The number of nitrogens with one attached hydrogen (secondary N) is 1. The third-order valence-electron chi connectivity index (χ3n) is 4.91. The Morgan fingerprint density at radius 3 is 2.42 bits per heavy atom. The molecule has 1 N–H and O–H groups in total. The number of ether oxygens (including phenoxy) is 3. The number of esters is 2. The van der Waals surface area contributed by atoms with Gasteiger partial charge in [0.25, 0.3) is 0 Å². The van der Waals surface area contributed by atoms with E-state index in [1.54, 1.807) is 7.11 Å². The summed E-state index contributed by atoms with van der Waals surface area (Å²) in [5.74, 6) is -0.340. The quantitative estimate of drug-likeness (QED) is 0.691. The molecule has 6 nitrogen and oxygen atoms in total. The van der Waals surface area contributed by atoms with Gasteiger partial charge in [-0.1, -0.05) is 6.92 Å². The first kappa shape index (κ1) is 16.4. The molecule has 0 radical (unpaired) electrons. The second-order valence-electron chi connectivity index (χ2n) is 6.28. The van der Waals surface area contributed by atoms with Crippen LogP contribution in [0.5, 0.6) is 5.75 Å². The summed E-state index contributed by atoms with van der Waals surface area (Å²) < 4.78 is 15.1. The zero-order valence-corrected chi connectivity index (χ0v) is 14.3. The summed E-state index contributed by atoms with van der Waals surface area (Å²) in [7, 11) is 4.22. The van der Waals surface area contributed by atoms with Crippen LogP contribution in [0.1, 0.15) is 30.5 Å². The average Bonchev–Trinajstić information content (AvgIpc) is 2.97. The molecular weight excluding hydrogens is 310 g/mol. The largest absolute Gasteiger partial charge is 0.497 e. The first-order chi connectivity index (χ1) is 11.5. The molecule has 1 aliphatic rings. The number of aromatic nitrogens is 1. The van der Waals surface area contributed by atoms with E-state index < -0.39 is 17.4 Å². The summed E-state index contributed by atoms with van der Waals surface area (Å²) in [6.07, 6.45) is 0.590. The molecule has 0 saturated heterocycles. The fraction of sp³-hybridized carbons (Fsp3) is 0.444. The second-order valence-corrected chi connectivity index (χ2v) is 6.28. The fourth-order valence-electron chi connectivity index (χ4n) is 3.86. The summed E-state index contributed by atoms with van der Waals surface area (Å²) in [6.45, 7) is 2.01. The van der Waals surface area contributed by atoms with Crippen molar-refractivity contribution in [2.24, 2.45) is 5.41 Å². The number of fused-ring (bicyclic) bond motifs is 3.